The van der Waals surface area contributed by atoms with Crippen LogP contribution in [-0.2, 0) is 11.3 Å². The first-order chi connectivity index (χ1) is 11.5. The quantitative estimate of drug-likeness (QED) is 0.616. The third-order valence-corrected chi connectivity index (χ3v) is 4.39. The fourth-order valence-electron chi connectivity index (χ4n) is 1.98. The van der Waals surface area contributed by atoms with Gasteiger partial charge in [0.25, 0.3) is 0 Å². The summed E-state index contributed by atoms with van der Waals surface area (Å²) in [5.41, 5.74) is 1.27. The molecule has 0 saturated carbocycles. The van der Waals surface area contributed by atoms with E-state index in [9.17, 15) is 14.0 Å². The van der Waals surface area contributed by atoms with Crippen molar-refractivity contribution in [2.24, 2.45) is 0 Å². The average molecular weight is 347 g/mol. The molecule has 0 aliphatic carbocycles. The summed E-state index contributed by atoms with van der Waals surface area (Å²) in [6, 6.07) is 11.7. The van der Waals surface area contributed by atoms with Crippen molar-refractivity contribution in [1.29, 1.82) is 0 Å². The molecule has 0 aromatic heterocycles. The Labute approximate surface area is 144 Å². The Morgan fingerprint density at radius 1 is 1.17 bits per heavy atom. The molecule has 0 unspecified atom stereocenters. The van der Waals surface area contributed by atoms with Crippen molar-refractivity contribution < 1.29 is 18.7 Å². The van der Waals surface area contributed by atoms with Gasteiger partial charge in [0.2, 0.25) is 5.91 Å². The predicted molar refractivity (Wildman–Crippen MR) is 92.0 cm³/mol. The van der Waals surface area contributed by atoms with Gasteiger partial charge >= 0.3 is 0 Å². The summed E-state index contributed by atoms with van der Waals surface area (Å²) < 4.78 is 18.9. The highest BCUT2D eigenvalue weighted by atomic mass is 32.2. The molecule has 0 radical (unpaired) electrons. The van der Waals surface area contributed by atoms with Crippen LogP contribution in [0.3, 0.4) is 0 Å². The molecule has 6 heteroatoms. The van der Waals surface area contributed by atoms with E-state index in [2.05, 4.69) is 5.32 Å². The van der Waals surface area contributed by atoms with Crippen molar-refractivity contribution in [3.63, 3.8) is 0 Å². The van der Waals surface area contributed by atoms with Crippen LogP contribution in [0.25, 0.3) is 0 Å². The van der Waals surface area contributed by atoms with E-state index < -0.39 is 5.82 Å². The second-order valence-corrected chi connectivity index (χ2v) is 6.13. The molecule has 126 valence electrons. The van der Waals surface area contributed by atoms with Crippen molar-refractivity contribution >= 4 is 23.5 Å². The summed E-state index contributed by atoms with van der Waals surface area (Å²) in [7, 11) is 1.59. The van der Waals surface area contributed by atoms with Gasteiger partial charge in [0.15, 0.2) is 5.78 Å². The Hall–Kier alpha value is -2.34. The maximum atomic E-state index is 13.9. The van der Waals surface area contributed by atoms with Crippen molar-refractivity contribution in [2.75, 3.05) is 12.9 Å². The number of halogens is 1. The molecule has 0 aliphatic heterocycles. The number of Topliss-reactive ketones (excluding diaryl/α,β-unsaturated/α-hetero) is 1. The van der Waals surface area contributed by atoms with Crippen molar-refractivity contribution in [3.05, 3.63) is 59.4 Å². The number of amides is 1. The maximum absolute atomic E-state index is 13.9. The van der Waals surface area contributed by atoms with Gasteiger partial charge in [-0.15, -0.1) is 11.8 Å². The molecule has 24 heavy (non-hydrogen) atoms. The van der Waals surface area contributed by atoms with Crippen LogP contribution in [-0.4, -0.2) is 24.6 Å². The highest BCUT2D eigenvalue weighted by Crippen LogP contribution is 2.22. The second kappa shape index (κ2) is 8.49. The summed E-state index contributed by atoms with van der Waals surface area (Å²) in [6.07, 6.45) is 0. The van der Waals surface area contributed by atoms with Gasteiger partial charge in [0.1, 0.15) is 11.6 Å². The van der Waals surface area contributed by atoms with Crippen LogP contribution in [0.1, 0.15) is 22.8 Å². The van der Waals surface area contributed by atoms with E-state index in [4.69, 9.17) is 4.74 Å². The molecule has 1 N–H and O–H groups in total. The van der Waals surface area contributed by atoms with E-state index in [0.717, 1.165) is 23.1 Å². The first kappa shape index (κ1) is 18.0. The number of ether oxygens (including phenoxy) is 1. The summed E-state index contributed by atoms with van der Waals surface area (Å²) in [4.78, 5) is 23.4. The van der Waals surface area contributed by atoms with Crippen LogP contribution in [0.5, 0.6) is 5.75 Å². The zero-order chi connectivity index (χ0) is 17.5. The molecule has 0 saturated heterocycles. The zero-order valence-electron chi connectivity index (χ0n) is 13.5. The Balaban J connectivity index is 1.83. The van der Waals surface area contributed by atoms with Crippen LogP contribution in [0.2, 0.25) is 0 Å². The number of ketones is 1. The van der Waals surface area contributed by atoms with Gasteiger partial charge in [-0.25, -0.2) is 4.39 Å². The number of hydrogen-bond acceptors (Lipinski definition) is 4. The fraction of sp³-hybridized carbons (Fsp3) is 0.222. The molecular weight excluding hydrogens is 329 g/mol. The van der Waals surface area contributed by atoms with Crippen molar-refractivity contribution in [3.8, 4) is 5.75 Å². The number of thioether (sulfide) groups is 1. The largest absolute Gasteiger partial charge is 0.497 e. The highest BCUT2D eigenvalue weighted by Gasteiger charge is 2.09. The van der Waals surface area contributed by atoms with Gasteiger partial charge in [0, 0.05) is 17.0 Å². The molecule has 0 heterocycles. The number of hydrogen-bond donors (Lipinski definition) is 1. The first-order valence-corrected chi connectivity index (χ1v) is 8.31. The van der Waals surface area contributed by atoms with Crippen LogP contribution >= 0.6 is 11.8 Å². The minimum atomic E-state index is -0.490. The molecule has 2 aromatic rings. The number of carbonyl (C=O) groups excluding carboxylic acids is 2. The maximum Gasteiger partial charge on any atom is 0.230 e. The van der Waals surface area contributed by atoms with E-state index in [1.807, 2.05) is 24.3 Å². The lowest BCUT2D eigenvalue weighted by Crippen LogP contribution is -2.24. The standard InChI is InChI=1S/C18H18FNO3S/c1-12(21)14-5-8-17(16(19)9-14)24-11-18(22)20-10-13-3-6-15(23-2)7-4-13/h3-9H,10-11H2,1-2H3,(H,20,22). The SMILES string of the molecule is COc1ccc(CNC(=O)CSc2ccc(C(C)=O)cc2F)cc1. The molecule has 0 aliphatic rings. The second-order valence-electron chi connectivity index (χ2n) is 5.11. The summed E-state index contributed by atoms with van der Waals surface area (Å²) >= 11 is 1.10. The van der Waals surface area contributed by atoms with Crippen molar-refractivity contribution in [2.45, 2.75) is 18.4 Å². The van der Waals surface area contributed by atoms with E-state index in [0.29, 0.717) is 17.0 Å². The molecule has 1 amide bonds. The third-order valence-electron chi connectivity index (χ3n) is 3.35. The number of nitrogens with one attached hydrogen (secondary N) is 1. The summed E-state index contributed by atoms with van der Waals surface area (Å²) in [5, 5.41) is 2.78. The zero-order valence-corrected chi connectivity index (χ0v) is 14.3. The molecule has 0 fully saturated rings. The normalized spacial score (nSPS) is 10.3. The number of carbonyl (C=O) groups is 2. The summed E-state index contributed by atoms with van der Waals surface area (Å²) in [6.45, 7) is 1.78. The molecule has 4 nitrogen and oxygen atoms in total. The molecule has 2 rings (SSSR count). The lowest BCUT2D eigenvalue weighted by Gasteiger charge is -2.07. The van der Waals surface area contributed by atoms with E-state index >= 15 is 0 Å². The molecule has 0 bridgehead atoms. The topological polar surface area (TPSA) is 55.4 Å². The van der Waals surface area contributed by atoms with Gasteiger partial charge in [-0.05, 0) is 36.8 Å². The lowest BCUT2D eigenvalue weighted by molar-refractivity contribution is -0.118. The van der Waals surface area contributed by atoms with Gasteiger partial charge in [-0.1, -0.05) is 18.2 Å². The van der Waals surface area contributed by atoms with Gasteiger partial charge < -0.3 is 10.1 Å². The summed E-state index contributed by atoms with van der Waals surface area (Å²) in [5.74, 6) is -0.0127. The van der Waals surface area contributed by atoms with Crippen molar-refractivity contribution in [1.82, 2.24) is 5.32 Å². The van der Waals surface area contributed by atoms with E-state index in [1.165, 1.54) is 19.1 Å². The third kappa shape index (κ3) is 5.09. The predicted octanol–water partition coefficient (Wildman–Crippen LogP) is 3.45. The van der Waals surface area contributed by atoms with Crippen LogP contribution in [0, 0.1) is 5.82 Å². The Morgan fingerprint density at radius 3 is 2.46 bits per heavy atom. The fourth-order valence-corrected chi connectivity index (χ4v) is 2.72. The Bertz CT molecular complexity index is 732. The number of methoxy groups -OCH3 is 1. The van der Waals surface area contributed by atoms with Crippen LogP contribution in [0.4, 0.5) is 4.39 Å². The Morgan fingerprint density at radius 2 is 1.88 bits per heavy atom. The minimum Gasteiger partial charge on any atom is -0.497 e. The van der Waals surface area contributed by atoms with Gasteiger partial charge in [-0.3, -0.25) is 9.59 Å². The average Bonchev–Trinajstić information content (AvgIpc) is 2.59. The molecule has 0 spiro atoms. The molecular formula is C18H18FNO3S. The van der Waals surface area contributed by atoms with Gasteiger partial charge in [0.05, 0.1) is 12.9 Å². The monoisotopic (exact) mass is 347 g/mol. The molecule has 0 atom stereocenters. The minimum absolute atomic E-state index is 0.104. The number of rotatable bonds is 7. The lowest BCUT2D eigenvalue weighted by atomic mass is 10.1. The van der Waals surface area contributed by atoms with Gasteiger partial charge in [-0.2, -0.15) is 0 Å². The first-order valence-electron chi connectivity index (χ1n) is 7.32. The van der Waals surface area contributed by atoms with Crippen LogP contribution < -0.4 is 10.1 Å². The van der Waals surface area contributed by atoms with E-state index in [-0.39, 0.29) is 17.4 Å². The highest BCUT2D eigenvalue weighted by molar-refractivity contribution is 8.00. The molecule has 2 aromatic carbocycles. The van der Waals surface area contributed by atoms with Crippen LogP contribution in [0.15, 0.2) is 47.4 Å². The number of benzene rings is 2. The Kier molecular flexibility index (Phi) is 6.37. The van der Waals surface area contributed by atoms with E-state index in [1.54, 1.807) is 13.2 Å². The smallest absolute Gasteiger partial charge is 0.230 e.